The molecule has 9 heteroatoms. The van der Waals surface area contributed by atoms with E-state index in [0.29, 0.717) is 0 Å². The number of hydrogen-bond donors (Lipinski definition) is 0. The first kappa shape index (κ1) is 20.7. The summed E-state index contributed by atoms with van der Waals surface area (Å²) in [6.45, 7) is 1.27. The Morgan fingerprint density at radius 2 is 1.76 bits per heavy atom. The Kier molecular flexibility index (Phi) is 4.88. The maximum absolute atomic E-state index is 13.8. The maximum Gasteiger partial charge on any atom is 0.308 e. The second kappa shape index (κ2) is 7.77. The normalized spacial score (nSPS) is 25.3. The van der Waals surface area contributed by atoms with E-state index < -0.39 is 53.3 Å². The highest BCUT2D eigenvalue weighted by Gasteiger charge is 2.64. The number of hydrogen-bond acceptors (Lipinski definition) is 7. The molecule has 2 fully saturated rings. The van der Waals surface area contributed by atoms with Crippen molar-refractivity contribution in [2.45, 2.75) is 19.0 Å². The number of anilines is 1. The molecule has 2 amide bonds. The average Bonchev–Trinajstić information content (AvgIpc) is 3.26. The first-order valence-corrected chi connectivity index (χ1v) is 10.3. The van der Waals surface area contributed by atoms with Gasteiger partial charge in [0.2, 0.25) is 11.8 Å². The number of hydrazone groups is 1. The zero-order chi connectivity index (χ0) is 23.3. The van der Waals surface area contributed by atoms with E-state index >= 15 is 0 Å². The highest BCUT2D eigenvalue weighted by molar-refractivity contribution is 6.24. The second-order valence-electron chi connectivity index (χ2n) is 7.99. The van der Waals surface area contributed by atoms with E-state index in [-0.39, 0.29) is 17.0 Å². The van der Waals surface area contributed by atoms with Crippen LogP contribution < -0.4 is 9.64 Å². The average molecular weight is 447 g/mol. The summed E-state index contributed by atoms with van der Waals surface area (Å²) in [5.74, 6) is -4.04. The summed E-state index contributed by atoms with van der Waals surface area (Å²) in [5.41, 5.74) is 0.413. The second-order valence-corrected chi connectivity index (χ2v) is 7.99. The Bertz CT molecular complexity index is 1240. The van der Waals surface area contributed by atoms with Gasteiger partial charge in [0.05, 0.1) is 23.6 Å². The molecule has 33 heavy (non-hydrogen) atoms. The summed E-state index contributed by atoms with van der Waals surface area (Å²) in [6.07, 6.45) is 4.91. The highest BCUT2D eigenvalue weighted by atomic mass is 19.1. The molecule has 0 aromatic heterocycles. The van der Waals surface area contributed by atoms with Gasteiger partial charge >= 0.3 is 5.97 Å². The van der Waals surface area contributed by atoms with E-state index in [1.54, 1.807) is 12.2 Å². The fourth-order valence-electron chi connectivity index (χ4n) is 4.73. The zero-order valence-corrected chi connectivity index (χ0v) is 17.4. The van der Waals surface area contributed by atoms with Crippen molar-refractivity contribution >= 4 is 35.5 Å². The molecule has 5 rings (SSSR count). The topological polar surface area (TPSA) is 96.3 Å². The van der Waals surface area contributed by atoms with E-state index in [2.05, 4.69) is 5.10 Å². The van der Waals surface area contributed by atoms with Crippen LogP contribution in [0.25, 0.3) is 0 Å². The van der Waals surface area contributed by atoms with Crippen LogP contribution in [-0.4, -0.2) is 46.9 Å². The lowest BCUT2D eigenvalue weighted by Gasteiger charge is -2.30. The summed E-state index contributed by atoms with van der Waals surface area (Å²) in [4.78, 5) is 52.4. The fourth-order valence-corrected chi connectivity index (χ4v) is 4.73. The lowest BCUT2D eigenvalue weighted by atomic mass is 9.86. The Hall–Kier alpha value is -4.14. The molecule has 2 aromatic rings. The van der Waals surface area contributed by atoms with E-state index in [1.807, 2.05) is 0 Å². The molecule has 0 unspecified atom stereocenters. The van der Waals surface area contributed by atoms with Gasteiger partial charge in [-0.3, -0.25) is 24.2 Å². The minimum absolute atomic E-state index is 0.131. The Morgan fingerprint density at radius 1 is 1.03 bits per heavy atom. The minimum Gasteiger partial charge on any atom is -0.427 e. The van der Waals surface area contributed by atoms with Gasteiger partial charge in [0, 0.05) is 18.7 Å². The number of carbonyl (C=O) groups is 4. The third-order valence-electron chi connectivity index (χ3n) is 6.03. The van der Waals surface area contributed by atoms with Crippen LogP contribution in [0.2, 0.25) is 0 Å². The van der Waals surface area contributed by atoms with Crippen molar-refractivity contribution in [3.05, 3.63) is 72.1 Å². The van der Waals surface area contributed by atoms with Gasteiger partial charge < -0.3 is 4.74 Å². The molecule has 4 atom stereocenters. The number of imide groups is 1. The SMILES string of the molecule is CC(=O)Oc1ccc(C(=O)[C@H]2[C@H]3C(=O)N(c4cccc(F)c4)C(=O)[C@@H]3[C@H]3C=CC=NN32)cc1. The van der Waals surface area contributed by atoms with Crippen molar-refractivity contribution in [3.8, 4) is 5.75 Å². The quantitative estimate of drug-likeness (QED) is 0.309. The molecule has 0 spiro atoms. The molecule has 3 aliphatic rings. The van der Waals surface area contributed by atoms with Gasteiger partial charge in [-0.25, -0.2) is 9.29 Å². The molecule has 0 aliphatic carbocycles. The van der Waals surface area contributed by atoms with Crippen molar-refractivity contribution in [1.29, 1.82) is 0 Å². The molecule has 0 bridgehead atoms. The number of halogens is 1. The number of carbonyl (C=O) groups excluding carboxylic acids is 4. The molecule has 2 saturated heterocycles. The number of ether oxygens (including phenoxy) is 1. The van der Waals surface area contributed by atoms with Crippen molar-refractivity contribution in [3.63, 3.8) is 0 Å². The van der Waals surface area contributed by atoms with Gasteiger partial charge in [-0.15, -0.1) is 0 Å². The lowest BCUT2D eigenvalue weighted by molar-refractivity contribution is -0.132. The first-order valence-electron chi connectivity index (χ1n) is 10.3. The third kappa shape index (κ3) is 3.32. The van der Waals surface area contributed by atoms with Gasteiger partial charge in [0.15, 0.2) is 5.78 Å². The van der Waals surface area contributed by atoms with Gasteiger partial charge in [0.1, 0.15) is 17.6 Å². The van der Waals surface area contributed by atoms with Crippen LogP contribution >= 0.6 is 0 Å². The van der Waals surface area contributed by atoms with Gasteiger partial charge in [0.25, 0.3) is 0 Å². The summed E-state index contributed by atoms with van der Waals surface area (Å²) in [5, 5.41) is 5.78. The Labute approximate surface area is 187 Å². The Balaban J connectivity index is 1.52. The van der Waals surface area contributed by atoms with Crippen LogP contribution in [0.1, 0.15) is 17.3 Å². The summed E-state index contributed by atoms with van der Waals surface area (Å²) in [7, 11) is 0. The Morgan fingerprint density at radius 3 is 2.45 bits per heavy atom. The number of esters is 1. The van der Waals surface area contributed by atoms with Gasteiger partial charge in [-0.1, -0.05) is 12.1 Å². The van der Waals surface area contributed by atoms with E-state index in [0.717, 1.165) is 11.0 Å². The number of ketones is 1. The largest absolute Gasteiger partial charge is 0.427 e. The van der Waals surface area contributed by atoms with Crippen molar-refractivity contribution in [2.24, 2.45) is 16.9 Å². The predicted molar refractivity (Wildman–Crippen MR) is 115 cm³/mol. The molecular formula is C24H18FN3O5. The molecule has 0 saturated carbocycles. The summed E-state index contributed by atoms with van der Waals surface area (Å²) < 4.78 is 18.8. The van der Waals surface area contributed by atoms with E-state index in [4.69, 9.17) is 4.74 Å². The molecule has 3 heterocycles. The van der Waals surface area contributed by atoms with Crippen molar-refractivity contribution < 1.29 is 28.3 Å². The van der Waals surface area contributed by atoms with Crippen LogP contribution in [0.5, 0.6) is 5.75 Å². The van der Waals surface area contributed by atoms with Gasteiger partial charge in [-0.2, -0.15) is 5.10 Å². The molecule has 8 nitrogen and oxygen atoms in total. The fraction of sp³-hybridized carbons (Fsp3) is 0.208. The molecule has 0 radical (unpaired) electrons. The number of fused-ring (bicyclic) bond motifs is 3. The highest BCUT2D eigenvalue weighted by Crippen LogP contribution is 2.46. The first-order chi connectivity index (χ1) is 15.9. The summed E-state index contributed by atoms with van der Waals surface area (Å²) in [6, 6.07) is 9.61. The zero-order valence-electron chi connectivity index (χ0n) is 17.4. The number of benzene rings is 2. The maximum atomic E-state index is 13.8. The standard InChI is InChI=1S/C24H18FN3O5/c1-13(29)33-17-9-7-14(8-10-17)22(30)21-20-19(18-6-3-11-26-28(18)21)23(31)27(24(20)32)16-5-2-4-15(25)12-16/h2-12,18-21H,1H3/t18-,19-,20+,21-/m1/s1. The van der Waals surface area contributed by atoms with E-state index in [1.165, 1.54) is 60.6 Å². The smallest absolute Gasteiger partial charge is 0.308 e. The molecule has 166 valence electrons. The molecule has 3 aliphatic heterocycles. The number of nitrogens with zero attached hydrogens (tertiary/aromatic N) is 3. The number of rotatable bonds is 4. The van der Waals surface area contributed by atoms with Crippen molar-refractivity contribution in [1.82, 2.24) is 5.01 Å². The summed E-state index contributed by atoms with van der Waals surface area (Å²) >= 11 is 0. The third-order valence-corrected chi connectivity index (χ3v) is 6.03. The van der Waals surface area contributed by atoms with Gasteiger partial charge in [-0.05, 0) is 48.5 Å². The van der Waals surface area contributed by atoms with Crippen LogP contribution in [-0.2, 0) is 14.4 Å². The number of Topliss-reactive ketones (excluding diaryl/α,β-unsaturated/α-hetero) is 1. The van der Waals surface area contributed by atoms with Crippen molar-refractivity contribution in [2.75, 3.05) is 4.90 Å². The van der Waals surface area contributed by atoms with Crippen LogP contribution in [0, 0.1) is 17.7 Å². The molecular weight excluding hydrogens is 429 g/mol. The van der Waals surface area contributed by atoms with Crippen LogP contribution in [0.3, 0.4) is 0 Å². The van der Waals surface area contributed by atoms with E-state index in [9.17, 15) is 23.6 Å². The van der Waals surface area contributed by atoms with Crippen LogP contribution in [0.15, 0.2) is 65.8 Å². The number of amides is 2. The molecule has 2 aromatic carbocycles. The van der Waals surface area contributed by atoms with Crippen LogP contribution in [0.4, 0.5) is 10.1 Å². The minimum atomic E-state index is -1.02. The number of allylic oxidation sites excluding steroid dienone is 1. The monoisotopic (exact) mass is 447 g/mol. The molecule has 0 N–H and O–H groups in total. The lowest BCUT2D eigenvalue weighted by Crippen LogP contribution is -2.46. The predicted octanol–water partition coefficient (Wildman–Crippen LogP) is 2.35.